The quantitative estimate of drug-likeness (QED) is 0.207. The molecular weight excluding hydrogens is 744 g/mol. The van der Waals surface area contributed by atoms with E-state index in [0.29, 0.717) is 45.2 Å². The van der Waals surface area contributed by atoms with Gasteiger partial charge in [-0.3, -0.25) is 15.0 Å². The van der Waals surface area contributed by atoms with Crippen LogP contribution in [0.4, 0.5) is 0 Å². The van der Waals surface area contributed by atoms with Crippen LogP contribution in [0.3, 0.4) is 0 Å². The molecule has 0 amide bonds. The third-order valence-corrected chi connectivity index (χ3v) is 6.57. The van der Waals surface area contributed by atoms with E-state index in [9.17, 15) is 24.6 Å². The van der Waals surface area contributed by atoms with Crippen molar-refractivity contribution in [2.45, 2.75) is 0 Å². The first-order chi connectivity index (χ1) is 23.2. The fraction of sp³-hybridized carbons (Fsp3) is 0. The predicted molar refractivity (Wildman–Crippen MR) is 173 cm³/mol. The minimum absolute atomic E-state index is 0.0118. The molecule has 0 aliphatic carbocycles. The van der Waals surface area contributed by atoms with Crippen molar-refractivity contribution in [3.63, 3.8) is 0 Å². The van der Waals surface area contributed by atoms with Gasteiger partial charge in [0, 0.05) is 35.3 Å². The molecule has 4 heterocycles. The van der Waals surface area contributed by atoms with Crippen LogP contribution in [-0.2, 0) is 15.1 Å². The standard InChI is InChI=1S/C24H16N2O4.C11H8N2O2.2ClH.Ru/c27-23(28)18-9-3-1-7-16(18)15-13-21(17-8-2-4-10-19(17)24(29)30)26-22(14-15)20-11-5-6-12-25-20;14-11(15)8-4-6-13-10(7-8)9-3-1-2-5-12-9;;;/h1-14H,(H,27,28)(H,29,30);1-7H,(H,14,15);2*1H;/q;;;;+4/p-4. The van der Waals surface area contributed by atoms with Gasteiger partial charge in [0.2, 0.25) is 0 Å². The molecule has 0 aliphatic heterocycles. The molecule has 4 aromatic heterocycles. The van der Waals surface area contributed by atoms with E-state index in [1.165, 1.54) is 30.5 Å². The summed E-state index contributed by atoms with van der Waals surface area (Å²) in [5.74, 6) is -3.60. The van der Waals surface area contributed by atoms with Crippen LogP contribution in [0.1, 0.15) is 31.1 Å². The van der Waals surface area contributed by atoms with E-state index in [1.54, 1.807) is 91.3 Å². The van der Waals surface area contributed by atoms with Gasteiger partial charge >= 0.3 is 40.5 Å². The molecule has 2 aromatic carbocycles. The molecule has 10 nitrogen and oxygen atoms in total. The van der Waals surface area contributed by atoms with E-state index < -0.39 is 17.9 Å². The monoisotopic (exact) mass is 766 g/mol. The molecule has 0 bridgehead atoms. The van der Waals surface area contributed by atoms with Gasteiger partial charge in [0.1, 0.15) is 0 Å². The molecule has 0 atom stereocenters. The van der Waals surface area contributed by atoms with Gasteiger partial charge in [0.25, 0.3) is 0 Å². The van der Waals surface area contributed by atoms with Crippen molar-refractivity contribution in [3.05, 3.63) is 144 Å². The van der Waals surface area contributed by atoms with Crippen molar-refractivity contribution in [2.75, 3.05) is 0 Å². The Kier molecular flexibility index (Phi) is 13.0. The van der Waals surface area contributed by atoms with Gasteiger partial charge in [-0.1, -0.05) is 60.7 Å². The number of benzene rings is 2. The Balaban J connectivity index is 0.000000241. The molecule has 0 aliphatic rings. The van der Waals surface area contributed by atoms with Gasteiger partial charge in [0.05, 0.1) is 46.0 Å². The molecule has 0 spiro atoms. The Labute approximate surface area is 290 Å². The Bertz CT molecular complexity index is 1960. The molecule has 240 valence electrons. The average Bonchev–Trinajstić information content (AvgIpc) is 3.13. The Morgan fingerprint density at radius 1 is 0.562 bits per heavy atom. The predicted octanol–water partition coefficient (Wildman–Crippen LogP) is 5.42. The summed E-state index contributed by atoms with van der Waals surface area (Å²) in [7, 11) is 9.71. The first-order valence-corrected chi connectivity index (χ1v) is 18.2. The maximum atomic E-state index is 11.6. The zero-order valence-electron chi connectivity index (χ0n) is 24.5. The number of hydrogen-bond acceptors (Lipinski definition) is 9. The first kappa shape index (κ1) is 35.5. The van der Waals surface area contributed by atoms with Crippen LogP contribution in [0.15, 0.2) is 128 Å². The van der Waals surface area contributed by atoms with Gasteiger partial charge < -0.3 is 24.9 Å². The van der Waals surface area contributed by atoms with Crippen molar-refractivity contribution < 1.29 is 44.8 Å². The summed E-state index contributed by atoms with van der Waals surface area (Å²) in [6.07, 6.45) is 4.73. The van der Waals surface area contributed by atoms with Gasteiger partial charge in [-0.2, -0.15) is 0 Å². The number of carboxylic acids is 3. The second-order valence-electron chi connectivity index (χ2n) is 9.51. The fourth-order valence-corrected chi connectivity index (χ4v) is 4.48. The number of halogens is 2. The second-order valence-corrected chi connectivity index (χ2v) is 12.1. The van der Waals surface area contributed by atoms with Crippen molar-refractivity contribution in [3.8, 4) is 45.2 Å². The summed E-state index contributed by atoms with van der Waals surface area (Å²) < 4.78 is 0. The van der Waals surface area contributed by atoms with Crippen LogP contribution >= 0.6 is 19.4 Å². The molecule has 0 fully saturated rings. The Morgan fingerprint density at radius 3 is 1.58 bits per heavy atom. The maximum absolute atomic E-state index is 11.6. The second kappa shape index (κ2) is 17.5. The molecule has 0 radical (unpaired) electrons. The molecule has 0 saturated carbocycles. The SMILES string of the molecule is O=C(O)c1ccnc(-c2ccccn2)c1.O=C([O-])c1ccccc1-c1cc(-c2ccccn2)nc(-c2ccccc2C(=O)[O-])c1.[Cl][Ru+2][Cl]. The summed E-state index contributed by atoms with van der Waals surface area (Å²) in [5.41, 5.74) is 4.21. The Morgan fingerprint density at radius 2 is 1.04 bits per heavy atom. The van der Waals surface area contributed by atoms with Crippen molar-refractivity contribution in [1.29, 1.82) is 0 Å². The number of carbonyl (C=O) groups is 3. The number of nitrogens with zero attached hydrogens (tertiary/aromatic N) is 4. The number of rotatable bonds is 7. The van der Waals surface area contributed by atoms with E-state index in [1.807, 2.05) is 6.07 Å². The summed E-state index contributed by atoms with van der Waals surface area (Å²) >= 11 is -0.346. The van der Waals surface area contributed by atoms with Crippen LogP contribution in [0.25, 0.3) is 45.2 Å². The van der Waals surface area contributed by atoms with Crippen LogP contribution in [0.5, 0.6) is 0 Å². The van der Waals surface area contributed by atoms with E-state index in [2.05, 4.69) is 19.9 Å². The number of hydrogen-bond donors (Lipinski definition) is 1. The molecule has 1 N–H and O–H groups in total. The number of carbonyl (C=O) groups excluding carboxylic acids is 2. The van der Waals surface area contributed by atoms with Gasteiger partial charge in [-0.05, 0) is 59.7 Å². The summed E-state index contributed by atoms with van der Waals surface area (Å²) in [6.45, 7) is 0. The minimum atomic E-state index is -1.33. The van der Waals surface area contributed by atoms with Crippen molar-refractivity contribution in [1.82, 2.24) is 19.9 Å². The van der Waals surface area contributed by atoms with Gasteiger partial charge in [-0.15, -0.1) is 0 Å². The molecular formula is C35H22Cl2N4O6Ru. The van der Waals surface area contributed by atoms with Crippen LogP contribution < -0.4 is 10.2 Å². The molecule has 48 heavy (non-hydrogen) atoms. The van der Waals surface area contributed by atoms with E-state index in [-0.39, 0.29) is 31.8 Å². The molecule has 13 heteroatoms. The zero-order chi connectivity index (χ0) is 34.5. The summed E-state index contributed by atoms with van der Waals surface area (Å²) in [5, 5.41) is 32.0. The van der Waals surface area contributed by atoms with E-state index in [0.717, 1.165) is 0 Å². The average molecular weight is 767 g/mol. The van der Waals surface area contributed by atoms with Crippen LogP contribution in [0.2, 0.25) is 0 Å². The van der Waals surface area contributed by atoms with E-state index in [4.69, 9.17) is 24.5 Å². The van der Waals surface area contributed by atoms with Crippen LogP contribution in [0, 0.1) is 0 Å². The van der Waals surface area contributed by atoms with Gasteiger partial charge in [0.15, 0.2) is 0 Å². The number of carboxylic acid groups (broad SMARTS) is 3. The Hall–Kier alpha value is -5.35. The van der Waals surface area contributed by atoms with E-state index >= 15 is 0 Å². The van der Waals surface area contributed by atoms with Gasteiger partial charge in [-0.25, -0.2) is 9.78 Å². The third kappa shape index (κ3) is 9.36. The number of aromatic carboxylic acids is 3. The summed E-state index contributed by atoms with van der Waals surface area (Å²) in [4.78, 5) is 51.0. The molecule has 0 unspecified atom stereocenters. The third-order valence-electron chi connectivity index (χ3n) is 6.57. The fourth-order valence-electron chi connectivity index (χ4n) is 4.48. The van der Waals surface area contributed by atoms with Crippen LogP contribution in [-0.4, -0.2) is 43.0 Å². The molecule has 0 saturated heterocycles. The molecule has 6 rings (SSSR count). The first-order valence-electron chi connectivity index (χ1n) is 13.7. The zero-order valence-corrected chi connectivity index (χ0v) is 27.8. The molecule has 6 aromatic rings. The normalized spacial score (nSPS) is 10.0. The van der Waals surface area contributed by atoms with Crippen molar-refractivity contribution in [2.24, 2.45) is 0 Å². The topological polar surface area (TPSA) is 169 Å². The number of aromatic nitrogens is 4. The summed E-state index contributed by atoms with van der Waals surface area (Å²) in [6, 6.07) is 29.9. The van der Waals surface area contributed by atoms with Crippen molar-refractivity contribution >= 4 is 37.3 Å². The number of pyridine rings is 4.